The molecular formula is C14H12N2O4. The minimum absolute atomic E-state index is 0.184. The highest BCUT2D eigenvalue weighted by molar-refractivity contribution is 5.93. The molecule has 2 aromatic rings. The Kier molecular flexibility index (Phi) is 2.78. The number of pyridine rings is 1. The second-order valence-electron chi connectivity index (χ2n) is 4.73. The first kappa shape index (κ1) is 12.4. The van der Waals surface area contributed by atoms with Crippen molar-refractivity contribution in [2.45, 2.75) is 19.4 Å². The zero-order valence-corrected chi connectivity index (χ0v) is 10.5. The summed E-state index contributed by atoms with van der Waals surface area (Å²) in [5, 5.41) is 18.2. The number of hydrogen-bond acceptors (Lipinski definition) is 3. The molecule has 2 N–H and O–H groups in total. The predicted octanol–water partition coefficient (Wildman–Crippen LogP) is 1.43. The average Bonchev–Trinajstić information content (AvgIpc) is 2.77. The van der Waals surface area contributed by atoms with Gasteiger partial charge in [-0.05, 0) is 30.0 Å². The van der Waals surface area contributed by atoms with Crippen LogP contribution in [0, 0.1) is 0 Å². The SMILES string of the molecule is O=C(O)Cn1cc(C(=O)O)c2c1-c1ccncc1CC2. The molecule has 0 atom stereocenters. The summed E-state index contributed by atoms with van der Waals surface area (Å²) in [4.78, 5) is 26.3. The maximum atomic E-state index is 11.3. The van der Waals surface area contributed by atoms with E-state index in [1.807, 2.05) is 0 Å². The smallest absolute Gasteiger partial charge is 0.337 e. The highest BCUT2D eigenvalue weighted by Crippen LogP contribution is 2.36. The Morgan fingerprint density at radius 2 is 2.10 bits per heavy atom. The molecule has 0 spiro atoms. The fraction of sp³-hybridized carbons (Fsp3) is 0.214. The van der Waals surface area contributed by atoms with E-state index in [0.717, 1.165) is 11.1 Å². The first-order valence-corrected chi connectivity index (χ1v) is 6.18. The number of nitrogens with zero attached hydrogens (tertiary/aromatic N) is 2. The fourth-order valence-corrected chi connectivity index (χ4v) is 2.74. The summed E-state index contributed by atoms with van der Waals surface area (Å²) in [7, 11) is 0. The molecule has 2 aromatic heterocycles. The molecule has 1 aliphatic carbocycles. The fourth-order valence-electron chi connectivity index (χ4n) is 2.74. The number of aliphatic carboxylic acids is 1. The highest BCUT2D eigenvalue weighted by atomic mass is 16.4. The summed E-state index contributed by atoms with van der Waals surface area (Å²) >= 11 is 0. The van der Waals surface area contributed by atoms with Crippen LogP contribution in [0.2, 0.25) is 0 Å². The van der Waals surface area contributed by atoms with E-state index < -0.39 is 11.9 Å². The van der Waals surface area contributed by atoms with Crippen LogP contribution in [0.4, 0.5) is 0 Å². The van der Waals surface area contributed by atoms with E-state index in [4.69, 9.17) is 5.11 Å². The molecule has 0 fully saturated rings. The Hall–Kier alpha value is -2.63. The van der Waals surface area contributed by atoms with E-state index in [0.29, 0.717) is 24.1 Å². The summed E-state index contributed by atoms with van der Waals surface area (Å²) in [5.41, 5.74) is 3.46. The topological polar surface area (TPSA) is 92.4 Å². The van der Waals surface area contributed by atoms with Crippen LogP contribution < -0.4 is 0 Å². The molecule has 6 heteroatoms. The maximum Gasteiger partial charge on any atom is 0.337 e. The molecule has 0 amide bonds. The van der Waals surface area contributed by atoms with Crippen molar-refractivity contribution in [2.24, 2.45) is 0 Å². The van der Waals surface area contributed by atoms with Crippen molar-refractivity contribution >= 4 is 11.9 Å². The number of rotatable bonds is 3. The number of carboxylic acid groups (broad SMARTS) is 2. The van der Waals surface area contributed by atoms with Gasteiger partial charge in [0.2, 0.25) is 0 Å². The van der Waals surface area contributed by atoms with Gasteiger partial charge >= 0.3 is 11.9 Å². The van der Waals surface area contributed by atoms with Gasteiger partial charge in [0.05, 0.1) is 11.3 Å². The van der Waals surface area contributed by atoms with E-state index in [-0.39, 0.29) is 12.1 Å². The lowest BCUT2D eigenvalue weighted by atomic mass is 9.90. The number of aromatic nitrogens is 2. The third-order valence-corrected chi connectivity index (χ3v) is 3.52. The lowest BCUT2D eigenvalue weighted by molar-refractivity contribution is -0.137. The van der Waals surface area contributed by atoms with Crippen molar-refractivity contribution in [2.75, 3.05) is 0 Å². The van der Waals surface area contributed by atoms with Gasteiger partial charge in [0, 0.05) is 24.2 Å². The summed E-state index contributed by atoms with van der Waals surface area (Å²) < 4.78 is 1.50. The number of hydrogen-bond donors (Lipinski definition) is 2. The van der Waals surface area contributed by atoms with Crippen molar-refractivity contribution in [3.63, 3.8) is 0 Å². The molecular weight excluding hydrogens is 260 g/mol. The minimum Gasteiger partial charge on any atom is -0.480 e. The van der Waals surface area contributed by atoms with Crippen LogP contribution in [-0.2, 0) is 24.2 Å². The Bertz CT molecular complexity index is 718. The molecule has 102 valence electrons. The highest BCUT2D eigenvalue weighted by Gasteiger charge is 2.26. The standard InChI is InChI=1S/C14H12N2O4/c17-12(18)7-16-6-11(14(19)20)10-2-1-8-5-15-4-3-9(8)13(10)16/h3-6H,1-2,7H2,(H,17,18)(H,19,20). The monoisotopic (exact) mass is 272 g/mol. The molecule has 0 saturated carbocycles. The lowest BCUT2D eigenvalue weighted by Crippen LogP contribution is -2.12. The molecule has 3 rings (SSSR count). The van der Waals surface area contributed by atoms with Gasteiger partial charge < -0.3 is 14.8 Å². The predicted molar refractivity (Wildman–Crippen MR) is 69.7 cm³/mol. The number of aryl methyl sites for hydroxylation is 1. The second kappa shape index (κ2) is 4.48. The van der Waals surface area contributed by atoms with E-state index in [1.165, 1.54) is 10.8 Å². The van der Waals surface area contributed by atoms with Gasteiger partial charge in [-0.15, -0.1) is 0 Å². The van der Waals surface area contributed by atoms with Crippen LogP contribution >= 0.6 is 0 Å². The van der Waals surface area contributed by atoms with Crippen molar-refractivity contribution in [1.82, 2.24) is 9.55 Å². The normalized spacial score (nSPS) is 12.6. The Morgan fingerprint density at radius 1 is 1.30 bits per heavy atom. The third-order valence-electron chi connectivity index (χ3n) is 3.52. The van der Waals surface area contributed by atoms with Crippen LogP contribution in [0.25, 0.3) is 11.3 Å². The number of carboxylic acids is 2. The Balaban J connectivity index is 2.25. The van der Waals surface area contributed by atoms with Gasteiger partial charge in [-0.25, -0.2) is 4.79 Å². The summed E-state index contributed by atoms with van der Waals surface area (Å²) in [5.74, 6) is -2.02. The van der Waals surface area contributed by atoms with Gasteiger partial charge in [-0.1, -0.05) is 0 Å². The van der Waals surface area contributed by atoms with Crippen LogP contribution in [0.15, 0.2) is 24.7 Å². The van der Waals surface area contributed by atoms with Crippen molar-refractivity contribution < 1.29 is 19.8 Å². The molecule has 6 nitrogen and oxygen atoms in total. The first-order valence-electron chi connectivity index (χ1n) is 6.18. The first-order chi connectivity index (χ1) is 9.58. The summed E-state index contributed by atoms with van der Waals surface area (Å²) in [6, 6.07) is 1.80. The summed E-state index contributed by atoms with van der Waals surface area (Å²) in [6.07, 6.45) is 6.09. The number of aromatic carboxylic acids is 1. The van der Waals surface area contributed by atoms with Gasteiger partial charge in [-0.3, -0.25) is 9.78 Å². The van der Waals surface area contributed by atoms with E-state index in [2.05, 4.69) is 4.98 Å². The van der Waals surface area contributed by atoms with Crippen molar-refractivity contribution in [3.8, 4) is 11.3 Å². The van der Waals surface area contributed by atoms with Crippen LogP contribution in [0.3, 0.4) is 0 Å². The third kappa shape index (κ3) is 1.85. The molecule has 0 unspecified atom stereocenters. The summed E-state index contributed by atoms with van der Waals surface area (Å²) in [6.45, 7) is -0.253. The molecule has 0 aromatic carbocycles. The molecule has 1 aliphatic rings. The van der Waals surface area contributed by atoms with Crippen LogP contribution in [-0.4, -0.2) is 31.7 Å². The number of fused-ring (bicyclic) bond motifs is 3. The Morgan fingerprint density at radius 3 is 2.80 bits per heavy atom. The van der Waals surface area contributed by atoms with Gasteiger partial charge in [0.25, 0.3) is 0 Å². The van der Waals surface area contributed by atoms with Gasteiger partial charge in [-0.2, -0.15) is 0 Å². The van der Waals surface area contributed by atoms with Gasteiger partial charge in [0.15, 0.2) is 0 Å². The largest absolute Gasteiger partial charge is 0.480 e. The minimum atomic E-state index is -1.03. The van der Waals surface area contributed by atoms with Gasteiger partial charge in [0.1, 0.15) is 6.54 Å². The van der Waals surface area contributed by atoms with E-state index in [1.54, 1.807) is 18.5 Å². The average molecular weight is 272 g/mol. The maximum absolute atomic E-state index is 11.3. The Labute approximate surface area is 114 Å². The molecule has 0 saturated heterocycles. The van der Waals surface area contributed by atoms with Crippen LogP contribution in [0.5, 0.6) is 0 Å². The zero-order chi connectivity index (χ0) is 14.3. The number of carbonyl (C=O) groups is 2. The molecule has 0 radical (unpaired) electrons. The molecule has 2 heterocycles. The van der Waals surface area contributed by atoms with Crippen molar-refractivity contribution in [1.29, 1.82) is 0 Å². The quantitative estimate of drug-likeness (QED) is 0.881. The second-order valence-corrected chi connectivity index (χ2v) is 4.73. The molecule has 0 bridgehead atoms. The molecule has 20 heavy (non-hydrogen) atoms. The van der Waals surface area contributed by atoms with Crippen molar-refractivity contribution in [3.05, 3.63) is 41.3 Å². The van der Waals surface area contributed by atoms with Crippen LogP contribution in [0.1, 0.15) is 21.5 Å². The molecule has 0 aliphatic heterocycles. The zero-order valence-electron chi connectivity index (χ0n) is 10.5. The van der Waals surface area contributed by atoms with E-state index in [9.17, 15) is 14.7 Å². The van der Waals surface area contributed by atoms with E-state index >= 15 is 0 Å². The lowest BCUT2D eigenvalue weighted by Gasteiger charge is -2.18.